The third-order valence-corrected chi connectivity index (χ3v) is 5.30. The van der Waals surface area contributed by atoms with Gasteiger partial charge in [-0.1, -0.05) is 5.16 Å². The van der Waals surface area contributed by atoms with E-state index < -0.39 is 12.0 Å². The number of alkyl halides is 3. The van der Waals surface area contributed by atoms with Crippen molar-refractivity contribution in [2.75, 3.05) is 40.3 Å². The summed E-state index contributed by atoms with van der Waals surface area (Å²) in [7, 11) is 3.85. The quantitative estimate of drug-likeness (QED) is 0.789. The highest BCUT2D eigenvalue weighted by atomic mass is 19.4. The molecule has 2 saturated heterocycles. The molecule has 10 heteroatoms. The van der Waals surface area contributed by atoms with E-state index in [1.54, 1.807) is 11.9 Å². The van der Waals surface area contributed by atoms with E-state index in [0.29, 0.717) is 26.1 Å². The van der Waals surface area contributed by atoms with Crippen LogP contribution in [-0.4, -0.2) is 76.6 Å². The molecule has 1 atom stereocenters. The van der Waals surface area contributed by atoms with Gasteiger partial charge in [0, 0.05) is 45.2 Å². The van der Waals surface area contributed by atoms with Crippen molar-refractivity contribution in [1.82, 2.24) is 24.8 Å². The standard InChI is InChI=1S/C15H22F3N5O2/c1-21-6-5-14(4-3-12(21)24)10-23(8-7-22(14)2)9-11-19-13(20-25-11)15(16,17)18/h3-10H2,1-2H3. The summed E-state index contributed by atoms with van der Waals surface area (Å²) < 4.78 is 42.5. The zero-order valence-electron chi connectivity index (χ0n) is 14.3. The van der Waals surface area contributed by atoms with Crippen molar-refractivity contribution in [3.05, 3.63) is 11.7 Å². The fourth-order valence-corrected chi connectivity index (χ4v) is 3.60. The van der Waals surface area contributed by atoms with Gasteiger partial charge >= 0.3 is 6.18 Å². The fraction of sp³-hybridized carbons (Fsp3) is 0.800. The van der Waals surface area contributed by atoms with E-state index >= 15 is 0 Å². The summed E-state index contributed by atoms with van der Waals surface area (Å²) in [6.45, 7) is 3.00. The van der Waals surface area contributed by atoms with E-state index in [0.717, 1.165) is 19.4 Å². The van der Waals surface area contributed by atoms with Crippen LogP contribution in [0.3, 0.4) is 0 Å². The van der Waals surface area contributed by atoms with Crippen molar-refractivity contribution in [2.45, 2.75) is 37.5 Å². The molecular formula is C15H22F3N5O2. The number of likely N-dealkylation sites (N-methyl/N-ethyl adjacent to an activating group) is 1. The summed E-state index contributed by atoms with van der Waals surface area (Å²) in [6, 6.07) is 0. The van der Waals surface area contributed by atoms with E-state index in [4.69, 9.17) is 4.52 Å². The summed E-state index contributed by atoms with van der Waals surface area (Å²) in [5.41, 5.74) is -0.161. The topological polar surface area (TPSA) is 65.7 Å². The van der Waals surface area contributed by atoms with Crippen molar-refractivity contribution in [1.29, 1.82) is 0 Å². The van der Waals surface area contributed by atoms with Gasteiger partial charge in [0.2, 0.25) is 11.8 Å². The Bertz CT molecular complexity index is 635. The first-order valence-corrected chi connectivity index (χ1v) is 8.27. The molecule has 1 aromatic heterocycles. The van der Waals surface area contributed by atoms with Gasteiger partial charge in [0.1, 0.15) is 0 Å². The number of likely N-dealkylation sites (tertiary alicyclic amines) is 1. The lowest BCUT2D eigenvalue weighted by molar-refractivity contribution is -0.146. The molecule has 1 aromatic rings. The second-order valence-corrected chi connectivity index (χ2v) is 6.93. The molecule has 1 unspecified atom stereocenters. The minimum absolute atomic E-state index is 0.0335. The highest BCUT2D eigenvalue weighted by Crippen LogP contribution is 2.32. The van der Waals surface area contributed by atoms with Gasteiger partial charge in [-0.15, -0.1) is 0 Å². The molecule has 0 aliphatic carbocycles. The predicted molar refractivity (Wildman–Crippen MR) is 81.4 cm³/mol. The van der Waals surface area contributed by atoms with Gasteiger partial charge in [-0.2, -0.15) is 18.2 Å². The first-order chi connectivity index (χ1) is 11.7. The van der Waals surface area contributed by atoms with Crippen LogP contribution in [0.4, 0.5) is 13.2 Å². The Morgan fingerprint density at radius 3 is 2.64 bits per heavy atom. The number of carbonyl (C=O) groups excluding carboxylic acids is 1. The SMILES string of the molecule is CN1CCC2(CCC1=O)CN(Cc1nc(C(F)(F)F)no1)CCN2C. The number of piperazine rings is 1. The van der Waals surface area contributed by atoms with E-state index in [2.05, 4.69) is 15.0 Å². The van der Waals surface area contributed by atoms with Gasteiger partial charge in [-0.05, 0) is 19.9 Å². The fourth-order valence-electron chi connectivity index (χ4n) is 3.60. The van der Waals surface area contributed by atoms with E-state index in [9.17, 15) is 18.0 Å². The van der Waals surface area contributed by atoms with E-state index in [-0.39, 0.29) is 23.9 Å². The zero-order valence-corrected chi connectivity index (χ0v) is 14.3. The lowest BCUT2D eigenvalue weighted by atomic mass is 9.86. The minimum Gasteiger partial charge on any atom is -0.346 e. The molecule has 2 aliphatic heterocycles. The predicted octanol–water partition coefficient (Wildman–Crippen LogP) is 1.22. The third kappa shape index (κ3) is 3.79. The molecule has 1 spiro atoms. The molecule has 2 aliphatic rings. The van der Waals surface area contributed by atoms with Crippen molar-refractivity contribution >= 4 is 5.91 Å². The highest BCUT2D eigenvalue weighted by Gasteiger charge is 2.42. The molecule has 3 heterocycles. The Hall–Kier alpha value is -1.68. The Morgan fingerprint density at radius 2 is 1.96 bits per heavy atom. The maximum Gasteiger partial charge on any atom is 0.455 e. The molecule has 0 bridgehead atoms. The Morgan fingerprint density at radius 1 is 1.20 bits per heavy atom. The first-order valence-electron chi connectivity index (χ1n) is 8.27. The number of halogens is 3. The maximum atomic E-state index is 12.6. The molecule has 140 valence electrons. The summed E-state index contributed by atoms with van der Waals surface area (Å²) in [5.74, 6) is -1.14. The van der Waals surface area contributed by atoms with Crippen LogP contribution >= 0.6 is 0 Å². The van der Waals surface area contributed by atoms with Crippen molar-refractivity contribution in [2.24, 2.45) is 0 Å². The molecule has 0 aromatic carbocycles. The zero-order chi connectivity index (χ0) is 18.2. The number of nitrogens with zero attached hydrogens (tertiary/aromatic N) is 5. The Balaban J connectivity index is 1.70. The summed E-state index contributed by atoms with van der Waals surface area (Å²) in [4.78, 5) is 21.5. The van der Waals surface area contributed by atoms with Crippen molar-refractivity contribution in [3.63, 3.8) is 0 Å². The average molecular weight is 361 g/mol. The van der Waals surface area contributed by atoms with Crippen LogP contribution in [0.5, 0.6) is 0 Å². The Labute approximate surface area is 143 Å². The monoisotopic (exact) mass is 361 g/mol. The second kappa shape index (κ2) is 6.56. The smallest absolute Gasteiger partial charge is 0.346 e. The summed E-state index contributed by atoms with van der Waals surface area (Å²) in [5, 5.41) is 3.01. The Kier molecular flexibility index (Phi) is 4.76. The second-order valence-electron chi connectivity index (χ2n) is 6.93. The number of rotatable bonds is 2. The molecule has 3 rings (SSSR count). The van der Waals surface area contributed by atoms with Crippen LogP contribution in [0.15, 0.2) is 4.52 Å². The summed E-state index contributed by atoms with van der Waals surface area (Å²) >= 11 is 0. The molecule has 7 nitrogen and oxygen atoms in total. The number of amides is 1. The maximum absolute atomic E-state index is 12.6. The largest absolute Gasteiger partial charge is 0.455 e. The van der Waals surface area contributed by atoms with Gasteiger partial charge in [0.05, 0.1) is 6.54 Å². The highest BCUT2D eigenvalue weighted by molar-refractivity contribution is 5.76. The van der Waals surface area contributed by atoms with Crippen LogP contribution in [0, 0.1) is 0 Å². The molecule has 1 amide bonds. The normalized spacial score (nSPS) is 27.1. The number of hydrogen-bond acceptors (Lipinski definition) is 6. The minimum atomic E-state index is -4.60. The van der Waals surface area contributed by atoms with Crippen LogP contribution < -0.4 is 0 Å². The first kappa shape index (κ1) is 18.1. The van der Waals surface area contributed by atoms with Crippen molar-refractivity contribution in [3.8, 4) is 0 Å². The average Bonchev–Trinajstić information content (AvgIpc) is 2.97. The summed E-state index contributed by atoms with van der Waals surface area (Å²) in [6.07, 6.45) is -2.55. The van der Waals surface area contributed by atoms with Gasteiger partial charge in [-0.3, -0.25) is 14.6 Å². The van der Waals surface area contributed by atoms with Gasteiger partial charge in [0.25, 0.3) is 5.82 Å². The molecule has 0 saturated carbocycles. The molecule has 2 fully saturated rings. The lowest BCUT2D eigenvalue weighted by Crippen LogP contribution is -2.60. The number of carbonyl (C=O) groups is 1. The van der Waals surface area contributed by atoms with Crippen LogP contribution in [0.1, 0.15) is 31.0 Å². The van der Waals surface area contributed by atoms with Gasteiger partial charge in [0.15, 0.2) is 0 Å². The lowest BCUT2D eigenvalue weighted by Gasteiger charge is -2.49. The number of hydrogen-bond donors (Lipinski definition) is 0. The van der Waals surface area contributed by atoms with Crippen molar-refractivity contribution < 1.29 is 22.5 Å². The third-order valence-electron chi connectivity index (χ3n) is 5.30. The van der Waals surface area contributed by atoms with Gasteiger partial charge < -0.3 is 9.42 Å². The van der Waals surface area contributed by atoms with Crippen LogP contribution in [-0.2, 0) is 17.5 Å². The molecule has 0 N–H and O–H groups in total. The van der Waals surface area contributed by atoms with E-state index in [1.165, 1.54) is 0 Å². The molecule has 25 heavy (non-hydrogen) atoms. The van der Waals surface area contributed by atoms with E-state index in [1.807, 2.05) is 11.9 Å². The van der Waals surface area contributed by atoms with Crippen LogP contribution in [0.25, 0.3) is 0 Å². The number of aromatic nitrogens is 2. The van der Waals surface area contributed by atoms with Crippen LogP contribution in [0.2, 0.25) is 0 Å². The van der Waals surface area contributed by atoms with Gasteiger partial charge in [-0.25, -0.2) is 0 Å². The molecular weight excluding hydrogens is 339 g/mol. The molecule has 0 radical (unpaired) electrons.